The molecule has 11 rings (SSSR count). The van der Waals surface area contributed by atoms with Crippen LogP contribution < -0.4 is 4.90 Å². The van der Waals surface area contributed by atoms with E-state index in [9.17, 15) is 16.4 Å². The average molecular weight is 724 g/mol. The van der Waals surface area contributed by atoms with Crippen LogP contribution in [0.2, 0.25) is 0 Å². The number of anilines is 3. The first-order valence-corrected chi connectivity index (χ1v) is 16.4. The van der Waals surface area contributed by atoms with Crippen molar-refractivity contribution in [2.75, 3.05) is 4.90 Å². The molecule has 2 aromatic heterocycles. The molecule has 0 saturated carbocycles. The van der Waals surface area contributed by atoms with Gasteiger partial charge in [-0.1, -0.05) is 115 Å². The largest absolute Gasteiger partial charge is 0.456 e. The summed E-state index contributed by atoms with van der Waals surface area (Å²) in [6, 6.07) is -25.7. The standard InChI is InChI=1S/C50H31NOS/c1-2-13-38(14-3-1)51(39-23-20-33(21-24-39)35-19-18-32-10-4-5-11-34(32)28-35)40-25-27-48-45(31-40)49-43(29-36-12-6-7-15-41(36)50(49)53-48)37-22-26-47-44(30-37)42-16-8-9-17-46(42)52-47/h1-31H/i1D,2D,3D,4D,5D,6D,7D,8D,9D,10D,11D,12D,13D,14D,15D,16D,17D,18D,19D,20D,21D,22D,23D,24D,25D,26D,27D,28D,29D,30D. The minimum atomic E-state index is -1.16. The van der Waals surface area contributed by atoms with Crippen molar-refractivity contribution in [3.63, 3.8) is 0 Å². The highest BCUT2D eigenvalue weighted by Crippen LogP contribution is 2.47. The number of fused-ring (bicyclic) bond motifs is 9. The molecule has 0 radical (unpaired) electrons. The molecule has 0 saturated heterocycles. The zero-order valence-electron chi connectivity index (χ0n) is 56.3. The van der Waals surface area contributed by atoms with Crippen molar-refractivity contribution in [2.45, 2.75) is 0 Å². The molecular weight excluding hydrogens is 663 g/mol. The quantitative estimate of drug-likeness (QED) is 0.176. The van der Waals surface area contributed by atoms with Crippen LogP contribution in [0, 0.1) is 0 Å². The van der Waals surface area contributed by atoms with Crippen molar-refractivity contribution in [2.24, 2.45) is 0 Å². The van der Waals surface area contributed by atoms with Gasteiger partial charge in [0.2, 0.25) is 0 Å². The number of rotatable bonds is 5. The van der Waals surface area contributed by atoms with Crippen LogP contribution >= 0.6 is 11.3 Å². The summed E-state index contributed by atoms with van der Waals surface area (Å²) in [5.41, 5.74) is -6.56. The minimum absolute atomic E-state index is 0.184. The third kappa shape index (κ3) is 4.93. The fourth-order valence-electron chi connectivity index (χ4n) is 6.05. The third-order valence-corrected chi connectivity index (χ3v) is 9.51. The summed E-state index contributed by atoms with van der Waals surface area (Å²) in [7, 11) is 0. The summed E-state index contributed by atoms with van der Waals surface area (Å²) >= 11 is 0.626. The van der Waals surface area contributed by atoms with E-state index in [1.165, 1.54) is 0 Å². The van der Waals surface area contributed by atoms with Crippen molar-refractivity contribution < 1.29 is 45.5 Å². The maximum atomic E-state index is 9.88. The van der Waals surface area contributed by atoms with E-state index in [2.05, 4.69) is 0 Å². The van der Waals surface area contributed by atoms with Gasteiger partial charge in [-0.25, -0.2) is 0 Å². The fraction of sp³-hybridized carbons (Fsp3) is 0. The van der Waals surface area contributed by atoms with Gasteiger partial charge in [0.25, 0.3) is 0 Å². The molecule has 53 heavy (non-hydrogen) atoms. The molecule has 3 heteroatoms. The van der Waals surface area contributed by atoms with Crippen molar-refractivity contribution in [1.29, 1.82) is 0 Å². The highest BCUT2D eigenvalue weighted by Gasteiger charge is 2.19. The molecule has 0 fully saturated rings. The number of hydrogen-bond acceptors (Lipinski definition) is 3. The summed E-state index contributed by atoms with van der Waals surface area (Å²) in [4.78, 5) is 0.559. The second-order valence-electron chi connectivity index (χ2n) is 11.4. The molecule has 0 spiro atoms. The molecule has 2 nitrogen and oxygen atoms in total. The lowest BCUT2D eigenvalue weighted by Gasteiger charge is -2.26. The van der Waals surface area contributed by atoms with Gasteiger partial charge in [-0.2, -0.15) is 0 Å². The van der Waals surface area contributed by atoms with Gasteiger partial charge in [-0.05, 0) is 116 Å². The minimum Gasteiger partial charge on any atom is -0.456 e. The molecule has 0 aliphatic carbocycles. The van der Waals surface area contributed by atoms with Crippen molar-refractivity contribution in [3.05, 3.63) is 187 Å². The van der Waals surface area contributed by atoms with Gasteiger partial charge in [-0.3, -0.25) is 0 Å². The Kier molecular flexibility index (Phi) is 2.88. The van der Waals surface area contributed by atoms with E-state index >= 15 is 0 Å². The van der Waals surface area contributed by atoms with Crippen LogP contribution in [0.25, 0.3) is 85.9 Å². The Labute approximate surface area is 352 Å². The van der Waals surface area contributed by atoms with Gasteiger partial charge >= 0.3 is 0 Å². The summed E-state index contributed by atoms with van der Waals surface area (Å²) in [5.74, 6) is 0. The third-order valence-electron chi connectivity index (χ3n) is 8.37. The molecule has 0 unspecified atom stereocenters. The highest BCUT2D eigenvalue weighted by atomic mass is 32.1. The van der Waals surface area contributed by atoms with Gasteiger partial charge in [0.15, 0.2) is 0 Å². The zero-order valence-corrected chi connectivity index (χ0v) is 27.2. The Morgan fingerprint density at radius 3 is 1.96 bits per heavy atom. The first-order chi connectivity index (χ1) is 38.8. The van der Waals surface area contributed by atoms with E-state index in [4.69, 9.17) is 29.1 Å². The summed E-state index contributed by atoms with van der Waals surface area (Å²) in [6.45, 7) is 0. The Hall–Kier alpha value is -6.68. The molecule has 0 aliphatic rings. The maximum absolute atomic E-state index is 9.88. The Bertz CT molecular complexity index is 4880. The second kappa shape index (κ2) is 11.9. The summed E-state index contributed by atoms with van der Waals surface area (Å²) in [6.07, 6.45) is 0. The van der Waals surface area contributed by atoms with E-state index in [0.29, 0.717) is 16.2 Å². The second-order valence-corrected chi connectivity index (χ2v) is 12.4. The topological polar surface area (TPSA) is 16.4 Å². The molecule has 0 amide bonds. The summed E-state index contributed by atoms with van der Waals surface area (Å²) < 4.78 is 276. The number of nitrogens with zero attached hydrogens (tertiary/aromatic N) is 1. The number of furan rings is 1. The van der Waals surface area contributed by atoms with Crippen LogP contribution in [-0.4, -0.2) is 0 Å². The van der Waals surface area contributed by atoms with Crippen LogP contribution in [0.4, 0.5) is 17.1 Å². The lowest BCUT2D eigenvalue weighted by molar-refractivity contribution is 0.669. The zero-order chi connectivity index (χ0) is 61.0. The van der Waals surface area contributed by atoms with Gasteiger partial charge in [-0.15, -0.1) is 11.3 Å². The smallest absolute Gasteiger partial charge is 0.135 e. The van der Waals surface area contributed by atoms with E-state index in [1.807, 2.05) is 0 Å². The van der Waals surface area contributed by atoms with E-state index < -0.39 is 259 Å². The number of hydrogen-bond donors (Lipinski definition) is 0. The Morgan fingerprint density at radius 2 is 1.09 bits per heavy atom. The first-order valence-electron chi connectivity index (χ1n) is 30.6. The normalized spacial score (nSPS) is 19.7. The lowest BCUT2D eigenvalue weighted by atomic mass is 9.94. The van der Waals surface area contributed by atoms with Crippen molar-refractivity contribution >= 4 is 92.1 Å². The van der Waals surface area contributed by atoms with Gasteiger partial charge in [0, 0.05) is 48.0 Å². The maximum Gasteiger partial charge on any atom is 0.135 e. The van der Waals surface area contributed by atoms with Crippen molar-refractivity contribution in [1.82, 2.24) is 0 Å². The molecule has 248 valence electrons. The number of thiophene rings is 1. The lowest BCUT2D eigenvalue weighted by Crippen LogP contribution is -2.09. The van der Waals surface area contributed by atoms with E-state index in [0.717, 1.165) is 6.07 Å². The Balaban J connectivity index is 1.33. The molecule has 0 aliphatic heterocycles. The number of benzene rings is 9. The molecule has 11 aromatic rings. The van der Waals surface area contributed by atoms with E-state index in [-0.39, 0.29) is 25.6 Å². The average Bonchev–Trinajstić information content (AvgIpc) is 2.03. The van der Waals surface area contributed by atoms with Crippen LogP contribution in [0.5, 0.6) is 0 Å². The molecule has 2 heterocycles. The van der Waals surface area contributed by atoms with E-state index in [1.54, 1.807) is 0 Å². The predicted octanol–water partition coefficient (Wildman–Crippen LogP) is 15.1. The highest BCUT2D eigenvalue weighted by molar-refractivity contribution is 7.26. The first kappa shape index (κ1) is 12.8. The molecule has 0 bridgehead atoms. The molecule has 0 atom stereocenters. The Morgan fingerprint density at radius 1 is 0.434 bits per heavy atom. The van der Waals surface area contributed by atoms with Crippen LogP contribution in [0.3, 0.4) is 0 Å². The molecular formula is C50H31NOS. The van der Waals surface area contributed by atoms with Gasteiger partial charge in [0.1, 0.15) is 11.2 Å². The van der Waals surface area contributed by atoms with Crippen LogP contribution in [-0.2, 0) is 0 Å². The van der Waals surface area contributed by atoms with Crippen LogP contribution in [0.15, 0.2) is 192 Å². The predicted molar refractivity (Wildman–Crippen MR) is 227 cm³/mol. The summed E-state index contributed by atoms with van der Waals surface area (Å²) in [5, 5.41) is -3.44. The fourth-order valence-corrected chi connectivity index (χ4v) is 7.20. The number of para-hydroxylation sites is 2. The molecule has 0 N–H and O–H groups in total. The SMILES string of the molecule is [2H]c1c([2H])c([2H])c(N(c2cc3c(sc4c5c([2H])c([2H])c([2H])c([2H])c5c([2H])c(-c5c([2H])c([2H])c6oc7c([2H])c([2H])c([2H])c([2H])c7c6c5[2H])c34)c([2H])c2[2H])c2c([2H])c([2H])c(-c3c([2H])c([2H])c4c([2H])c([2H])c([2H])c([2H])c4c3[2H])c([2H])c2[2H])c([2H])c1[2H]. The monoisotopic (exact) mass is 723 g/mol. The van der Waals surface area contributed by atoms with Gasteiger partial charge < -0.3 is 9.32 Å². The van der Waals surface area contributed by atoms with Crippen molar-refractivity contribution in [3.8, 4) is 22.3 Å². The van der Waals surface area contributed by atoms with Gasteiger partial charge in [0.05, 0.1) is 41.1 Å². The van der Waals surface area contributed by atoms with Crippen LogP contribution in [0.1, 0.15) is 41.1 Å². The molecule has 9 aromatic carbocycles.